The van der Waals surface area contributed by atoms with E-state index in [-0.39, 0.29) is 23.7 Å². The molecule has 0 saturated carbocycles. The molecule has 1 saturated heterocycles. The van der Waals surface area contributed by atoms with Gasteiger partial charge < -0.3 is 10.6 Å². The summed E-state index contributed by atoms with van der Waals surface area (Å²) in [6, 6.07) is 7.96. The smallest absolute Gasteiger partial charge is 0.220 e. The van der Waals surface area contributed by atoms with E-state index in [1.54, 1.807) is 0 Å². The van der Waals surface area contributed by atoms with Crippen LogP contribution in [0.5, 0.6) is 0 Å². The van der Waals surface area contributed by atoms with Crippen molar-refractivity contribution in [3.8, 4) is 0 Å². The molecule has 0 atom stereocenters. The molecule has 2 N–H and O–H groups in total. The monoisotopic (exact) mass is 372 g/mol. The minimum atomic E-state index is 0. The second-order valence-electron chi connectivity index (χ2n) is 7.48. The van der Waals surface area contributed by atoms with Crippen molar-refractivity contribution in [3.05, 3.63) is 34.9 Å². The van der Waals surface area contributed by atoms with Gasteiger partial charge in [-0.1, -0.05) is 37.6 Å². The van der Waals surface area contributed by atoms with E-state index in [1.807, 2.05) is 18.2 Å². The van der Waals surface area contributed by atoms with Gasteiger partial charge in [0.05, 0.1) is 0 Å². The molecule has 1 aromatic rings. The number of piperidine rings is 1. The predicted molar refractivity (Wildman–Crippen MR) is 104 cm³/mol. The molecular weight excluding hydrogens is 343 g/mol. The summed E-state index contributed by atoms with van der Waals surface area (Å²) in [5, 5.41) is 7.24. The first-order chi connectivity index (χ1) is 10.9. The first kappa shape index (κ1) is 21.3. The van der Waals surface area contributed by atoms with Gasteiger partial charge in [-0.3, -0.25) is 4.79 Å². The van der Waals surface area contributed by atoms with E-state index in [9.17, 15) is 4.79 Å². The number of amides is 1. The highest BCUT2D eigenvalue weighted by Gasteiger charge is 2.20. The highest BCUT2D eigenvalue weighted by Crippen LogP contribution is 2.23. The van der Waals surface area contributed by atoms with Gasteiger partial charge in [0.1, 0.15) is 0 Å². The molecule has 0 aliphatic carbocycles. The number of carbonyl (C=O) groups is 1. The normalized spacial score (nSPS) is 15.6. The lowest BCUT2D eigenvalue weighted by Gasteiger charge is -2.26. The number of nitrogens with one attached hydrogen (secondary N) is 2. The van der Waals surface area contributed by atoms with Crippen molar-refractivity contribution < 1.29 is 4.79 Å². The summed E-state index contributed by atoms with van der Waals surface area (Å²) in [5.74, 6) is 0.893. The van der Waals surface area contributed by atoms with E-state index in [2.05, 4.69) is 30.5 Å². The molecule has 1 heterocycles. The number of halogens is 2. The summed E-state index contributed by atoms with van der Waals surface area (Å²) in [5.41, 5.74) is 1.24. The molecule has 1 aliphatic rings. The Labute approximate surface area is 157 Å². The Hall–Kier alpha value is -0.770. The molecule has 1 amide bonds. The maximum Gasteiger partial charge on any atom is 0.220 e. The Kier molecular flexibility index (Phi) is 9.11. The molecular formula is C19H30Cl2N2O. The van der Waals surface area contributed by atoms with Crippen molar-refractivity contribution in [2.75, 3.05) is 19.6 Å². The third-order valence-electron chi connectivity index (χ3n) is 4.57. The Bertz CT molecular complexity index is 514. The number of benzene rings is 1. The van der Waals surface area contributed by atoms with E-state index in [0.29, 0.717) is 18.9 Å². The van der Waals surface area contributed by atoms with E-state index < -0.39 is 0 Å². The number of rotatable bonds is 7. The van der Waals surface area contributed by atoms with Gasteiger partial charge in [0.2, 0.25) is 5.91 Å². The van der Waals surface area contributed by atoms with Crippen LogP contribution in [0.25, 0.3) is 0 Å². The van der Waals surface area contributed by atoms with Crippen molar-refractivity contribution in [1.82, 2.24) is 10.6 Å². The Morgan fingerprint density at radius 3 is 2.71 bits per heavy atom. The van der Waals surface area contributed by atoms with Crippen molar-refractivity contribution in [2.24, 2.45) is 11.3 Å². The zero-order valence-corrected chi connectivity index (χ0v) is 16.3. The minimum absolute atomic E-state index is 0. The second kappa shape index (κ2) is 10.3. The molecule has 1 fully saturated rings. The van der Waals surface area contributed by atoms with Gasteiger partial charge in [-0.05, 0) is 67.8 Å². The topological polar surface area (TPSA) is 41.1 Å². The highest BCUT2D eigenvalue weighted by molar-refractivity contribution is 6.30. The molecule has 1 aliphatic heterocycles. The number of carbonyl (C=O) groups excluding carboxylic acids is 1. The van der Waals surface area contributed by atoms with Crippen molar-refractivity contribution in [1.29, 1.82) is 0 Å². The van der Waals surface area contributed by atoms with Crippen LogP contribution in [0.1, 0.15) is 45.1 Å². The Morgan fingerprint density at radius 2 is 2.04 bits per heavy atom. The average molecular weight is 373 g/mol. The summed E-state index contributed by atoms with van der Waals surface area (Å²) < 4.78 is 0. The van der Waals surface area contributed by atoms with Gasteiger partial charge in [0.15, 0.2) is 0 Å². The van der Waals surface area contributed by atoms with Crippen LogP contribution in [0.4, 0.5) is 0 Å². The minimum Gasteiger partial charge on any atom is -0.356 e. The zero-order chi connectivity index (χ0) is 16.7. The van der Waals surface area contributed by atoms with E-state index >= 15 is 0 Å². The third-order valence-corrected chi connectivity index (χ3v) is 4.81. The van der Waals surface area contributed by atoms with Crippen molar-refractivity contribution in [2.45, 2.75) is 46.0 Å². The summed E-state index contributed by atoms with van der Waals surface area (Å²) in [6.45, 7) is 7.25. The molecule has 3 nitrogen and oxygen atoms in total. The summed E-state index contributed by atoms with van der Waals surface area (Å²) >= 11 is 6.04. The number of hydrogen-bond donors (Lipinski definition) is 2. The van der Waals surface area contributed by atoms with Gasteiger partial charge in [-0.25, -0.2) is 0 Å². The van der Waals surface area contributed by atoms with E-state index in [0.717, 1.165) is 31.0 Å². The average Bonchev–Trinajstić information content (AvgIpc) is 2.52. The van der Waals surface area contributed by atoms with Crippen LogP contribution in [0.15, 0.2) is 24.3 Å². The van der Waals surface area contributed by atoms with E-state index in [1.165, 1.54) is 18.4 Å². The lowest BCUT2D eigenvalue weighted by atomic mass is 9.85. The summed E-state index contributed by atoms with van der Waals surface area (Å²) in [6.07, 6.45) is 4.98. The quantitative estimate of drug-likeness (QED) is 0.751. The number of hydrogen-bond acceptors (Lipinski definition) is 2. The molecule has 136 valence electrons. The highest BCUT2D eigenvalue weighted by atomic mass is 35.5. The first-order valence-electron chi connectivity index (χ1n) is 8.66. The molecule has 24 heavy (non-hydrogen) atoms. The van der Waals surface area contributed by atoms with Crippen LogP contribution in [-0.2, 0) is 11.2 Å². The van der Waals surface area contributed by atoms with Gasteiger partial charge in [-0.2, -0.15) is 0 Å². The second-order valence-corrected chi connectivity index (χ2v) is 7.92. The fourth-order valence-electron chi connectivity index (χ4n) is 3.19. The first-order valence-corrected chi connectivity index (χ1v) is 9.04. The fraction of sp³-hybridized carbons (Fsp3) is 0.632. The van der Waals surface area contributed by atoms with Gasteiger partial charge in [-0.15, -0.1) is 12.4 Å². The fourth-order valence-corrected chi connectivity index (χ4v) is 3.41. The Balaban J connectivity index is 0.00000288. The molecule has 0 bridgehead atoms. The zero-order valence-electron chi connectivity index (χ0n) is 14.7. The maximum absolute atomic E-state index is 12.1. The molecule has 0 unspecified atom stereocenters. The van der Waals surface area contributed by atoms with Crippen LogP contribution in [0, 0.1) is 11.3 Å². The standard InChI is InChI=1S/C19H29ClN2O.ClH/c1-19(2,13-16-4-3-5-17(20)12-16)14-22-18(23)7-6-15-8-10-21-11-9-15;/h3-5,12,15,21H,6-11,13-14H2,1-2H3,(H,22,23);1H. The van der Waals surface area contributed by atoms with E-state index in [4.69, 9.17) is 11.6 Å². The van der Waals surface area contributed by atoms with Crippen LogP contribution >= 0.6 is 24.0 Å². The molecule has 5 heteroatoms. The molecule has 0 radical (unpaired) electrons. The van der Waals surface area contributed by atoms with Gasteiger partial charge in [0.25, 0.3) is 0 Å². The lowest BCUT2D eigenvalue weighted by molar-refractivity contribution is -0.121. The van der Waals surface area contributed by atoms with Crippen molar-refractivity contribution >= 4 is 29.9 Å². The molecule has 2 rings (SSSR count). The summed E-state index contributed by atoms with van der Waals surface area (Å²) in [7, 11) is 0. The van der Waals surface area contributed by atoms with Crippen molar-refractivity contribution in [3.63, 3.8) is 0 Å². The maximum atomic E-state index is 12.1. The van der Waals surface area contributed by atoms with Gasteiger partial charge >= 0.3 is 0 Å². The molecule has 1 aromatic carbocycles. The van der Waals surface area contributed by atoms with Crippen LogP contribution in [0.3, 0.4) is 0 Å². The van der Waals surface area contributed by atoms with Gasteiger partial charge in [0, 0.05) is 18.0 Å². The Morgan fingerprint density at radius 1 is 1.33 bits per heavy atom. The summed E-state index contributed by atoms with van der Waals surface area (Å²) in [4.78, 5) is 12.1. The largest absolute Gasteiger partial charge is 0.356 e. The molecule has 0 spiro atoms. The SMILES string of the molecule is CC(C)(CNC(=O)CCC1CCNCC1)Cc1cccc(Cl)c1.Cl. The predicted octanol–water partition coefficient (Wildman–Crippen LogP) is 4.23. The lowest BCUT2D eigenvalue weighted by Crippen LogP contribution is -2.35. The van der Waals surface area contributed by atoms with Crippen LogP contribution in [-0.4, -0.2) is 25.5 Å². The third kappa shape index (κ3) is 7.87. The van der Waals surface area contributed by atoms with Crippen LogP contribution in [0.2, 0.25) is 5.02 Å². The van der Waals surface area contributed by atoms with Crippen LogP contribution < -0.4 is 10.6 Å². The molecule has 0 aromatic heterocycles.